The van der Waals surface area contributed by atoms with Gasteiger partial charge in [-0.25, -0.2) is 0 Å². The molecule has 1 rings (SSSR count). The zero-order chi connectivity index (χ0) is 9.52. The molecule has 0 aliphatic carbocycles. The smallest absolute Gasteiger partial charge is 0.0471 e. The van der Waals surface area contributed by atoms with E-state index in [1.165, 1.54) is 36.1 Å². The second-order valence-electron chi connectivity index (χ2n) is 3.30. The molecule has 0 radical (unpaired) electrons. The summed E-state index contributed by atoms with van der Waals surface area (Å²) in [6.07, 6.45) is 5.90. The van der Waals surface area contributed by atoms with Crippen molar-refractivity contribution < 1.29 is 5.11 Å². The number of unbranched alkanes of at least 4 members (excludes halogenated alkanes) is 2. The number of hydrogen-bond acceptors (Lipinski definition) is 2. The van der Waals surface area contributed by atoms with E-state index in [-0.39, 0.29) is 6.61 Å². The van der Waals surface area contributed by atoms with E-state index < -0.39 is 0 Å². The average Bonchev–Trinajstić information content (AvgIpc) is 2.54. The number of thiophene rings is 1. The molecule has 0 unspecified atom stereocenters. The van der Waals surface area contributed by atoms with Gasteiger partial charge in [-0.2, -0.15) is 0 Å². The van der Waals surface area contributed by atoms with Crippen molar-refractivity contribution >= 4 is 11.3 Å². The number of aliphatic hydroxyl groups is 1. The Hall–Kier alpha value is -0.340. The predicted molar refractivity (Wildman–Crippen MR) is 58.3 cm³/mol. The highest BCUT2D eigenvalue weighted by atomic mass is 32.1. The molecule has 13 heavy (non-hydrogen) atoms. The second kappa shape index (κ2) is 6.17. The van der Waals surface area contributed by atoms with Crippen molar-refractivity contribution in [2.75, 3.05) is 6.61 Å². The van der Waals surface area contributed by atoms with E-state index in [9.17, 15) is 0 Å². The molecule has 1 N–H and O–H groups in total. The molecule has 1 aromatic heterocycles. The van der Waals surface area contributed by atoms with Gasteiger partial charge in [0.1, 0.15) is 0 Å². The fourth-order valence-corrected chi connectivity index (χ4v) is 2.45. The third-order valence-corrected chi connectivity index (χ3v) is 3.25. The first-order valence-electron chi connectivity index (χ1n) is 5.04. The van der Waals surface area contributed by atoms with Crippen LogP contribution in [0.25, 0.3) is 0 Å². The standard InChI is InChI=1S/C11H18OS/c1-2-3-4-5-11-10(6-8-12)7-9-13-11/h7,9,12H,2-6,8H2,1H3. The summed E-state index contributed by atoms with van der Waals surface area (Å²) in [7, 11) is 0. The van der Waals surface area contributed by atoms with Crippen LogP contribution in [0.15, 0.2) is 11.4 Å². The molecule has 0 spiro atoms. The van der Waals surface area contributed by atoms with E-state index in [0.29, 0.717) is 0 Å². The van der Waals surface area contributed by atoms with Gasteiger partial charge >= 0.3 is 0 Å². The fourth-order valence-electron chi connectivity index (χ4n) is 1.47. The minimum Gasteiger partial charge on any atom is -0.396 e. The van der Waals surface area contributed by atoms with Crippen molar-refractivity contribution in [2.24, 2.45) is 0 Å². The molecule has 0 bridgehead atoms. The van der Waals surface area contributed by atoms with E-state index >= 15 is 0 Å². The quantitative estimate of drug-likeness (QED) is 0.697. The van der Waals surface area contributed by atoms with E-state index in [0.717, 1.165) is 6.42 Å². The molecule has 0 amide bonds. The molecule has 74 valence electrons. The number of rotatable bonds is 6. The van der Waals surface area contributed by atoms with Gasteiger partial charge in [-0.15, -0.1) is 11.3 Å². The minimum absolute atomic E-state index is 0.275. The van der Waals surface area contributed by atoms with Gasteiger partial charge in [-0.05, 0) is 36.3 Å². The highest BCUT2D eigenvalue weighted by Crippen LogP contribution is 2.19. The van der Waals surface area contributed by atoms with Crippen LogP contribution in [-0.4, -0.2) is 11.7 Å². The Bertz CT molecular complexity index is 230. The highest BCUT2D eigenvalue weighted by molar-refractivity contribution is 7.10. The Labute approximate surface area is 84.4 Å². The number of aliphatic hydroxyl groups excluding tert-OH is 1. The lowest BCUT2D eigenvalue weighted by molar-refractivity contribution is 0.299. The second-order valence-corrected chi connectivity index (χ2v) is 4.30. The van der Waals surface area contributed by atoms with Crippen LogP contribution in [0.2, 0.25) is 0 Å². The van der Waals surface area contributed by atoms with Gasteiger partial charge < -0.3 is 5.11 Å². The summed E-state index contributed by atoms with van der Waals surface area (Å²) in [5.41, 5.74) is 1.35. The molecule has 0 saturated heterocycles. The fraction of sp³-hybridized carbons (Fsp3) is 0.636. The summed E-state index contributed by atoms with van der Waals surface area (Å²) < 4.78 is 0. The number of hydrogen-bond donors (Lipinski definition) is 1. The number of aryl methyl sites for hydroxylation is 1. The Morgan fingerprint density at radius 3 is 2.85 bits per heavy atom. The van der Waals surface area contributed by atoms with Crippen molar-refractivity contribution in [3.05, 3.63) is 21.9 Å². The monoisotopic (exact) mass is 198 g/mol. The molecule has 0 aliphatic rings. The minimum atomic E-state index is 0.275. The van der Waals surface area contributed by atoms with Crippen LogP contribution in [0.3, 0.4) is 0 Å². The first kappa shape index (κ1) is 10.7. The van der Waals surface area contributed by atoms with Crippen molar-refractivity contribution in [3.63, 3.8) is 0 Å². The maximum Gasteiger partial charge on any atom is 0.0471 e. The van der Waals surface area contributed by atoms with Crippen LogP contribution < -0.4 is 0 Å². The van der Waals surface area contributed by atoms with E-state index in [1.54, 1.807) is 0 Å². The van der Waals surface area contributed by atoms with Gasteiger partial charge in [0.05, 0.1) is 0 Å². The molecule has 1 aromatic rings. The van der Waals surface area contributed by atoms with Crippen molar-refractivity contribution in [2.45, 2.75) is 39.0 Å². The largest absolute Gasteiger partial charge is 0.396 e. The van der Waals surface area contributed by atoms with Crippen molar-refractivity contribution in [1.29, 1.82) is 0 Å². The third-order valence-electron chi connectivity index (χ3n) is 2.23. The van der Waals surface area contributed by atoms with Gasteiger partial charge in [0.15, 0.2) is 0 Å². The topological polar surface area (TPSA) is 20.2 Å². The first-order chi connectivity index (χ1) is 6.38. The van der Waals surface area contributed by atoms with Gasteiger partial charge in [-0.3, -0.25) is 0 Å². The maximum absolute atomic E-state index is 8.84. The Kier molecular flexibility index (Phi) is 5.09. The molecule has 0 atom stereocenters. The summed E-state index contributed by atoms with van der Waals surface area (Å²) in [4.78, 5) is 1.47. The van der Waals surface area contributed by atoms with E-state index in [1.807, 2.05) is 11.3 Å². The van der Waals surface area contributed by atoms with Crippen LogP contribution in [0.1, 0.15) is 36.6 Å². The zero-order valence-electron chi connectivity index (χ0n) is 8.25. The van der Waals surface area contributed by atoms with Crippen LogP contribution >= 0.6 is 11.3 Å². The van der Waals surface area contributed by atoms with Crippen LogP contribution in [0.5, 0.6) is 0 Å². The van der Waals surface area contributed by atoms with E-state index in [2.05, 4.69) is 18.4 Å². The lowest BCUT2D eigenvalue weighted by atomic mass is 10.1. The SMILES string of the molecule is CCCCCc1sccc1CCO. The molecule has 0 aromatic carbocycles. The third kappa shape index (κ3) is 3.49. The molecule has 1 nitrogen and oxygen atoms in total. The van der Waals surface area contributed by atoms with Crippen molar-refractivity contribution in [3.8, 4) is 0 Å². The van der Waals surface area contributed by atoms with Crippen LogP contribution in [0.4, 0.5) is 0 Å². The Morgan fingerprint density at radius 1 is 1.31 bits per heavy atom. The highest BCUT2D eigenvalue weighted by Gasteiger charge is 2.02. The van der Waals surface area contributed by atoms with Gasteiger partial charge in [0.2, 0.25) is 0 Å². The van der Waals surface area contributed by atoms with Crippen LogP contribution in [-0.2, 0) is 12.8 Å². The van der Waals surface area contributed by atoms with Gasteiger partial charge in [0, 0.05) is 11.5 Å². The first-order valence-corrected chi connectivity index (χ1v) is 5.92. The summed E-state index contributed by atoms with van der Waals surface area (Å²) >= 11 is 1.83. The molecule has 2 heteroatoms. The van der Waals surface area contributed by atoms with Gasteiger partial charge in [0.25, 0.3) is 0 Å². The molecule has 0 fully saturated rings. The van der Waals surface area contributed by atoms with Crippen molar-refractivity contribution in [1.82, 2.24) is 0 Å². The molecule has 0 saturated carbocycles. The lowest BCUT2D eigenvalue weighted by Gasteiger charge is -2.01. The predicted octanol–water partition coefficient (Wildman–Crippen LogP) is 3.02. The summed E-state index contributed by atoms with van der Waals surface area (Å²) in [6.45, 7) is 2.50. The average molecular weight is 198 g/mol. The van der Waals surface area contributed by atoms with Crippen LogP contribution in [0, 0.1) is 0 Å². The summed E-state index contributed by atoms with van der Waals surface area (Å²) in [6, 6.07) is 2.14. The molecule has 0 aliphatic heterocycles. The van der Waals surface area contributed by atoms with Gasteiger partial charge in [-0.1, -0.05) is 19.8 Å². The molecular weight excluding hydrogens is 180 g/mol. The Morgan fingerprint density at radius 2 is 2.15 bits per heavy atom. The Balaban J connectivity index is 2.40. The summed E-state index contributed by atoms with van der Waals surface area (Å²) in [5, 5.41) is 11.0. The maximum atomic E-state index is 8.84. The van der Waals surface area contributed by atoms with E-state index in [4.69, 9.17) is 5.11 Å². The zero-order valence-corrected chi connectivity index (χ0v) is 9.07. The molecule has 1 heterocycles. The normalized spacial score (nSPS) is 10.6. The lowest BCUT2D eigenvalue weighted by Crippen LogP contribution is -1.93. The molecular formula is C11H18OS. The summed E-state index contributed by atoms with van der Waals surface area (Å²) in [5.74, 6) is 0.